The number of benzene rings is 3. The Labute approximate surface area is 157 Å². The second-order valence-electron chi connectivity index (χ2n) is 6.69. The number of hydrogen-bond donors (Lipinski definition) is 1. The van der Waals surface area contributed by atoms with Gasteiger partial charge >= 0.3 is 0 Å². The van der Waals surface area contributed by atoms with Gasteiger partial charge in [0.15, 0.2) is 5.76 Å². The van der Waals surface area contributed by atoms with Crippen LogP contribution in [-0.4, -0.2) is 11.1 Å². The van der Waals surface area contributed by atoms with Crippen molar-refractivity contribution < 1.29 is 9.32 Å². The molecule has 3 aromatic carbocycles. The van der Waals surface area contributed by atoms with E-state index < -0.39 is 0 Å². The number of nitrogens with zero attached hydrogens (tertiary/aromatic N) is 1. The molecule has 4 rings (SSSR count). The molecule has 0 saturated heterocycles. The van der Waals surface area contributed by atoms with Gasteiger partial charge in [-0.25, -0.2) is 0 Å². The number of aromatic nitrogens is 1. The first kappa shape index (κ1) is 17.0. The van der Waals surface area contributed by atoms with Gasteiger partial charge in [-0.3, -0.25) is 4.79 Å². The van der Waals surface area contributed by atoms with Gasteiger partial charge in [-0.2, -0.15) is 0 Å². The van der Waals surface area contributed by atoms with E-state index in [1.807, 2.05) is 55.5 Å². The summed E-state index contributed by atoms with van der Waals surface area (Å²) < 4.78 is 5.46. The lowest BCUT2D eigenvalue weighted by Gasteiger charge is -2.04. The summed E-state index contributed by atoms with van der Waals surface area (Å²) in [5, 5.41) is 9.31. The zero-order valence-electron chi connectivity index (χ0n) is 15.1. The topological polar surface area (TPSA) is 55.1 Å². The van der Waals surface area contributed by atoms with E-state index in [2.05, 4.69) is 34.7 Å². The highest BCUT2D eigenvalue weighted by atomic mass is 16.5. The monoisotopic (exact) mass is 356 g/mol. The van der Waals surface area contributed by atoms with E-state index in [1.165, 1.54) is 5.39 Å². The number of amides is 1. The van der Waals surface area contributed by atoms with Crippen LogP contribution >= 0.6 is 0 Å². The lowest BCUT2D eigenvalue weighted by molar-refractivity contribution is -0.120. The third-order valence-corrected chi connectivity index (χ3v) is 4.51. The van der Waals surface area contributed by atoms with Crippen LogP contribution in [0.5, 0.6) is 0 Å². The van der Waals surface area contributed by atoms with Gasteiger partial charge in [0.05, 0.1) is 13.0 Å². The predicted molar refractivity (Wildman–Crippen MR) is 106 cm³/mol. The Bertz CT molecular complexity index is 1100. The number of carbonyl (C=O) groups excluding carboxylic acids is 1. The van der Waals surface area contributed by atoms with Crippen LogP contribution in [0.2, 0.25) is 0 Å². The first-order valence-electron chi connectivity index (χ1n) is 8.94. The fourth-order valence-electron chi connectivity index (χ4n) is 3.13. The van der Waals surface area contributed by atoms with E-state index in [-0.39, 0.29) is 5.91 Å². The van der Waals surface area contributed by atoms with E-state index in [0.717, 1.165) is 22.1 Å². The van der Waals surface area contributed by atoms with Crippen LogP contribution in [0.15, 0.2) is 77.3 Å². The molecule has 0 unspecified atom stereocenters. The predicted octanol–water partition coefficient (Wildman–Crippen LogP) is 4.66. The van der Waals surface area contributed by atoms with Gasteiger partial charge in [0.1, 0.15) is 5.69 Å². The maximum Gasteiger partial charge on any atom is 0.224 e. The van der Waals surface area contributed by atoms with Crippen LogP contribution in [0.25, 0.3) is 22.1 Å². The third kappa shape index (κ3) is 4.06. The Kier molecular flexibility index (Phi) is 4.71. The summed E-state index contributed by atoms with van der Waals surface area (Å²) in [4.78, 5) is 12.2. The Morgan fingerprint density at radius 3 is 2.67 bits per heavy atom. The van der Waals surface area contributed by atoms with Gasteiger partial charge in [-0.15, -0.1) is 0 Å². The molecule has 4 nitrogen and oxygen atoms in total. The van der Waals surface area contributed by atoms with Gasteiger partial charge in [-0.1, -0.05) is 71.4 Å². The Balaban J connectivity index is 1.41. The Morgan fingerprint density at radius 1 is 0.963 bits per heavy atom. The summed E-state index contributed by atoms with van der Waals surface area (Å²) in [6, 6.07) is 24.2. The number of fused-ring (bicyclic) bond motifs is 1. The highest BCUT2D eigenvalue weighted by Gasteiger charge is 2.09. The van der Waals surface area contributed by atoms with E-state index in [9.17, 15) is 4.79 Å². The lowest BCUT2D eigenvalue weighted by Crippen LogP contribution is -2.24. The Morgan fingerprint density at radius 2 is 1.81 bits per heavy atom. The van der Waals surface area contributed by atoms with Crippen molar-refractivity contribution in [1.82, 2.24) is 10.5 Å². The molecule has 1 aromatic heterocycles. The molecule has 1 amide bonds. The smallest absolute Gasteiger partial charge is 0.224 e. The number of hydrogen-bond acceptors (Lipinski definition) is 3. The van der Waals surface area contributed by atoms with E-state index in [1.54, 1.807) is 0 Å². The summed E-state index contributed by atoms with van der Waals surface area (Å²) in [7, 11) is 0. The fraction of sp³-hybridized carbons (Fsp3) is 0.130. The van der Waals surface area contributed by atoms with E-state index >= 15 is 0 Å². The van der Waals surface area contributed by atoms with Gasteiger partial charge in [0.25, 0.3) is 0 Å². The maximum atomic E-state index is 12.2. The summed E-state index contributed by atoms with van der Waals surface area (Å²) in [5.41, 5.74) is 3.83. The second kappa shape index (κ2) is 7.46. The van der Waals surface area contributed by atoms with Gasteiger partial charge in [0, 0.05) is 11.6 Å². The van der Waals surface area contributed by atoms with Gasteiger partial charge < -0.3 is 9.84 Å². The van der Waals surface area contributed by atoms with Gasteiger partial charge in [-0.05, 0) is 29.3 Å². The van der Waals surface area contributed by atoms with Crippen LogP contribution in [0.1, 0.15) is 16.8 Å². The molecule has 0 aliphatic heterocycles. The number of rotatable bonds is 5. The molecule has 0 spiro atoms. The van der Waals surface area contributed by atoms with Crippen molar-refractivity contribution in [1.29, 1.82) is 0 Å². The van der Waals surface area contributed by atoms with Crippen molar-refractivity contribution in [3.05, 3.63) is 89.6 Å². The summed E-state index contributed by atoms with van der Waals surface area (Å²) in [6.07, 6.45) is 0.358. The zero-order chi connectivity index (χ0) is 18.6. The SMILES string of the molecule is Cc1cccc(CC(=O)NCc2cc(-c3ccc4ccccc4c3)on2)c1. The summed E-state index contributed by atoms with van der Waals surface area (Å²) >= 11 is 0. The minimum absolute atomic E-state index is 0.0316. The van der Waals surface area contributed by atoms with Crippen molar-refractivity contribution in [2.45, 2.75) is 19.9 Å². The molecule has 0 bridgehead atoms. The largest absolute Gasteiger partial charge is 0.356 e. The lowest BCUT2D eigenvalue weighted by atomic mass is 10.1. The number of aryl methyl sites for hydroxylation is 1. The molecule has 0 fully saturated rings. The van der Waals surface area contributed by atoms with Gasteiger partial charge in [0.2, 0.25) is 5.91 Å². The summed E-state index contributed by atoms with van der Waals surface area (Å²) in [5.74, 6) is 0.666. The Hall–Kier alpha value is -3.40. The summed E-state index contributed by atoms with van der Waals surface area (Å²) in [6.45, 7) is 2.37. The molecule has 134 valence electrons. The van der Waals surface area contributed by atoms with Crippen LogP contribution in [0.4, 0.5) is 0 Å². The van der Waals surface area contributed by atoms with Crippen molar-refractivity contribution >= 4 is 16.7 Å². The van der Waals surface area contributed by atoms with Crippen molar-refractivity contribution in [3.8, 4) is 11.3 Å². The van der Waals surface area contributed by atoms with Crippen molar-refractivity contribution in [2.75, 3.05) is 0 Å². The number of nitrogens with one attached hydrogen (secondary N) is 1. The molecule has 0 saturated carbocycles. The van der Waals surface area contributed by atoms with E-state index in [4.69, 9.17) is 4.52 Å². The first-order chi connectivity index (χ1) is 13.2. The molecule has 0 atom stereocenters. The van der Waals surface area contributed by atoms with Crippen LogP contribution in [-0.2, 0) is 17.8 Å². The minimum atomic E-state index is -0.0316. The molecule has 0 radical (unpaired) electrons. The first-order valence-corrected chi connectivity index (χ1v) is 8.94. The molecular weight excluding hydrogens is 336 g/mol. The second-order valence-corrected chi connectivity index (χ2v) is 6.69. The molecule has 4 aromatic rings. The fourth-order valence-corrected chi connectivity index (χ4v) is 3.13. The average Bonchev–Trinajstić information content (AvgIpc) is 3.15. The van der Waals surface area contributed by atoms with E-state index in [0.29, 0.717) is 24.4 Å². The van der Waals surface area contributed by atoms with Crippen molar-refractivity contribution in [3.63, 3.8) is 0 Å². The highest BCUT2D eigenvalue weighted by Crippen LogP contribution is 2.25. The zero-order valence-corrected chi connectivity index (χ0v) is 15.1. The van der Waals surface area contributed by atoms with Crippen molar-refractivity contribution in [2.24, 2.45) is 0 Å². The normalized spacial score (nSPS) is 10.9. The van der Waals surface area contributed by atoms with Crippen LogP contribution in [0, 0.1) is 6.92 Å². The van der Waals surface area contributed by atoms with Crippen LogP contribution in [0.3, 0.4) is 0 Å². The highest BCUT2D eigenvalue weighted by molar-refractivity contribution is 5.86. The minimum Gasteiger partial charge on any atom is -0.356 e. The molecule has 0 aliphatic carbocycles. The quantitative estimate of drug-likeness (QED) is 0.566. The molecule has 4 heteroatoms. The molecule has 0 aliphatic rings. The third-order valence-electron chi connectivity index (χ3n) is 4.51. The maximum absolute atomic E-state index is 12.2. The van der Waals surface area contributed by atoms with Crippen LogP contribution < -0.4 is 5.32 Å². The average molecular weight is 356 g/mol. The molecule has 1 N–H and O–H groups in total. The molecular formula is C23H20N2O2. The molecule has 1 heterocycles. The molecule has 27 heavy (non-hydrogen) atoms. The number of carbonyl (C=O) groups is 1. The standard InChI is InChI=1S/C23H20N2O2/c1-16-5-4-6-17(11-16)12-23(26)24-15-21-14-22(27-25-21)20-10-9-18-7-2-3-8-19(18)13-20/h2-11,13-14H,12,15H2,1H3,(H,24,26).